The van der Waals surface area contributed by atoms with Crippen molar-refractivity contribution in [2.75, 3.05) is 39.9 Å². The second-order valence-corrected chi connectivity index (χ2v) is 19.0. The minimum absolute atomic E-state index is 0.0824. The molecule has 1 aliphatic carbocycles. The molecule has 29 heavy (non-hydrogen) atoms. The molecule has 3 amide bonds. The van der Waals surface area contributed by atoms with Gasteiger partial charge < -0.3 is 14.7 Å². The van der Waals surface area contributed by atoms with E-state index < -0.39 is 15.5 Å². The first-order valence-electron chi connectivity index (χ1n) is 10.2. The van der Waals surface area contributed by atoms with Crippen LogP contribution in [0.3, 0.4) is 0 Å². The molecule has 4 aliphatic rings. The van der Waals surface area contributed by atoms with Gasteiger partial charge in [-0.1, -0.05) is 6.92 Å². The van der Waals surface area contributed by atoms with E-state index in [0.29, 0.717) is 18.0 Å². The van der Waals surface area contributed by atoms with Crippen molar-refractivity contribution >= 4 is 49.9 Å². The molecule has 0 N–H and O–H groups in total. The smallest absolute Gasteiger partial charge is 0.345 e. The van der Waals surface area contributed by atoms with Gasteiger partial charge in [0.15, 0.2) is 0 Å². The van der Waals surface area contributed by atoms with Gasteiger partial charge in [-0.25, -0.2) is 9.00 Å². The first-order valence-corrected chi connectivity index (χ1v) is 16.4. The first kappa shape index (κ1) is 23.6. The highest BCUT2D eigenvalue weighted by Gasteiger charge is 2.52. The zero-order chi connectivity index (χ0) is 21.3. The van der Waals surface area contributed by atoms with E-state index in [1.165, 1.54) is 37.5 Å². The number of nitrogens with zero attached hydrogens (tertiary/aromatic N) is 4. The summed E-state index contributed by atoms with van der Waals surface area (Å²) in [5, 5.41) is 1.33. The fourth-order valence-electron chi connectivity index (χ4n) is 4.73. The van der Waals surface area contributed by atoms with Crippen LogP contribution in [0.5, 0.6) is 0 Å². The van der Waals surface area contributed by atoms with Crippen LogP contribution in [0, 0.1) is 5.41 Å². The van der Waals surface area contributed by atoms with E-state index in [9.17, 15) is 13.8 Å². The van der Waals surface area contributed by atoms with Crippen LogP contribution in [-0.2, 0) is 19.8 Å². The molecule has 4 rings (SSSR count). The van der Waals surface area contributed by atoms with Crippen molar-refractivity contribution < 1.29 is 18.1 Å². The molecular weight excluding hydrogens is 526 g/mol. The van der Waals surface area contributed by atoms with Crippen LogP contribution >= 0.6 is 26.8 Å². The number of carbonyl (C=O) groups excluding carboxylic acids is 2. The molecule has 4 fully saturated rings. The van der Waals surface area contributed by atoms with Gasteiger partial charge in [0.2, 0.25) is 17.1 Å². The quantitative estimate of drug-likeness (QED) is 0.285. The summed E-state index contributed by atoms with van der Waals surface area (Å²) in [6.07, 6.45) is 5.32. The zero-order valence-corrected chi connectivity index (χ0v) is 21.5. The molecule has 2 unspecified atom stereocenters. The third kappa shape index (κ3) is 5.07. The maximum Gasteiger partial charge on any atom is 0.345 e. The number of fused-ring (bicyclic) bond motifs is 2. The van der Waals surface area contributed by atoms with Gasteiger partial charge in [0.05, 0.1) is 10.8 Å². The SMILES string of the molecule is CCN1CC2(CC(N(C)C=O)C2)C1.C[C@@H]1CC[C@@H]2CN1C(=O)N2OS(=O)P(C)I. The number of likely N-dealkylation sites (tertiary alicyclic amines) is 1. The van der Waals surface area contributed by atoms with Crippen molar-refractivity contribution in [2.24, 2.45) is 5.41 Å². The Kier molecular flexibility index (Phi) is 7.84. The molecule has 2 bridgehead atoms. The molecule has 4 atom stereocenters. The van der Waals surface area contributed by atoms with Gasteiger partial charge in [-0.2, -0.15) is 9.35 Å². The van der Waals surface area contributed by atoms with Crippen molar-refractivity contribution in [3.63, 3.8) is 0 Å². The Morgan fingerprint density at radius 3 is 2.55 bits per heavy atom. The van der Waals surface area contributed by atoms with Crippen LogP contribution in [0.25, 0.3) is 0 Å². The van der Waals surface area contributed by atoms with Crippen molar-refractivity contribution in [1.29, 1.82) is 0 Å². The van der Waals surface area contributed by atoms with E-state index in [1.54, 1.807) is 4.90 Å². The Labute approximate surface area is 190 Å². The van der Waals surface area contributed by atoms with Gasteiger partial charge in [0.25, 0.3) is 0 Å². The summed E-state index contributed by atoms with van der Waals surface area (Å²) in [7, 11) is 0.517. The molecule has 3 saturated heterocycles. The summed E-state index contributed by atoms with van der Waals surface area (Å²) in [4.78, 5) is 28.5. The minimum atomic E-state index is -1.37. The average molecular weight is 558 g/mol. The van der Waals surface area contributed by atoms with E-state index in [1.807, 2.05) is 25.5 Å². The lowest BCUT2D eigenvalue weighted by molar-refractivity contribution is -0.133. The Hall–Kier alpha value is -0.0300. The van der Waals surface area contributed by atoms with Crippen LogP contribution in [0.4, 0.5) is 4.79 Å². The zero-order valence-electron chi connectivity index (χ0n) is 17.6. The Bertz CT molecular complexity index is 643. The van der Waals surface area contributed by atoms with Gasteiger partial charge >= 0.3 is 6.03 Å². The third-order valence-electron chi connectivity index (χ3n) is 6.62. The van der Waals surface area contributed by atoms with E-state index in [2.05, 4.69) is 33.9 Å². The number of hydrogen-bond acceptors (Lipinski definition) is 5. The van der Waals surface area contributed by atoms with Gasteiger partial charge in [-0.05, 0) is 73.3 Å². The predicted molar refractivity (Wildman–Crippen MR) is 124 cm³/mol. The number of hydroxylamine groups is 2. The fourth-order valence-corrected chi connectivity index (χ4v) is 6.29. The number of urea groups is 1. The van der Waals surface area contributed by atoms with Crippen LogP contribution in [0.15, 0.2) is 0 Å². The van der Waals surface area contributed by atoms with Gasteiger partial charge in [0, 0.05) is 38.8 Å². The molecule has 3 aliphatic heterocycles. The topological polar surface area (TPSA) is 73.4 Å². The number of hydrogen-bond donors (Lipinski definition) is 0. The maximum absolute atomic E-state index is 12.0. The molecule has 0 aromatic carbocycles. The molecular formula is C18H32IN4O4PS. The summed E-state index contributed by atoms with van der Waals surface area (Å²) in [6, 6.07) is 0.751. The lowest BCUT2D eigenvalue weighted by atomic mass is 9.60. The normalized spacial score (nSPS) is 30.2. The first-order chi connectivity index (χ1) is 13.7. The molecule has 1 spiro atoms. The molecule has 8 nitrogen and oxygen atoms in total. The van der Waals surface area contributed by atoms with Crippen LogP contribution in [-0.4, -0.2) is 94.4 Å². The molecule has 11 heteroatoms. The lowest BCUT2D eigenvalue weighted by Gasteiger charge is -2.60. The van der Waals surface area contributed by atoms with Crippen molar-refractivity contribution in [3.05, 3.63) is 0 Å². The predicted octanol–water partition coefficient (Wildman–Crippen LogP) is 2.81. The Balaban J connectivity index is 0.000000169. The highest BCUT2D eigenvalue weighted by molar-refractivity contribution is 14.2. The molecule has 1 saturated carbocycles. The van der Waals surface area contributed by atoms with E-state index in [0.717, 1.165) is 19.3 Å². The summed E-state index contributed by atoms with van der Waals surface area (Å²) < 4.78 is 16.2. The number of rotatable bonds is 6. The van der Waals surface area contributed by atoms with Crippen molar-refractivity contribution in [3.8, 4) is 0 Å². The maximum atomic E-state index is 12.0. The summed E-state index contributed by atoms with van der Waals surface area (Å²) in [6.45, 7) is 10.5. The largest absolute Gasteiger partial charge is 0.345 e. The van der Waals surface area contributed by atoms with Gasteiger partial charge in [0.1, 0.15) is 0 Å². The van der Waals surface area contributed by atoms with Crippen LogP contribution in [0.1, 0.15) is 39.5 Å². The van der Waals surface area contributed by atoms with E-state index in [4.69, 9.17) is 4.28 Å². The van der Waals surface area contributed by atoms with Crippen LogP contribution < -0.4 is 0 Å². The molecule has 0 radical (unpaired) electrons. The Morgan fingerprint density at radius 1 is 1.38 bits per heavy atom. The van der Waals surface area contributed by atoms with Crippen molar-refractivity contribution in [1.82, 2.24) is 19.8 Å². The fraction of sp³-hybridized carbons (Fsp3) is 0.889. The molecule has 0 aromatic rings. The standard InChI is InChI=1S/C10H18N2O.C8H14IN2O3PS/c1-3-12-6-10(7-12)4-9(5-10)11(2)8-13;1-6-3-4-7-5-10(6)8(12)11(7)14-16(13)15(2)9/h8-9H,3-7H2,1-2H3;6-7H,3-5H2,1-2H3/t;6-,7-,15?,16?/m.1/s1. The summed E-state index contributed by atoms with van der Waals surface area (Å²) >= 11 is 2.09. The molecule has 0 aromatic heterocycles. The van der Waals surface area contributed by atoms with Gasteiger partial charge in [-0.3, -0.25) is 4.79 Å². The third-order valence-corrected chi connectivity index (χ3v) is 11.6. The number of piperidine rings is 1. The molecule has 166 valence electrons. The lowest BCUT2D eigenvalue weighted by Crippen LogP contribution is -2.65. The van der Waals surface area contributed by atoms with Gasteiger partial charge in [-0.15, -0.1) is 0 Å². The highest BCUT2D eigenvalue weighted by Crippen LogP contribution is 2.49. The van der Waals surface area contributed by atoms with E-state index in [-0.39, 0.29) is 18.1 Å². The van der Waals surface area contributed by atoms with Crippen LogP contribution in [0.2, 0.25) is 0 Å². The minimum Gasteiger partial charge on any atom is -0.345 e. The highest BCUT2D eigenvalue weighted by atomic mass is 127. The number of halogens is 1. The monoisotopic (exact) mass is 558 g/mol. The number of carbonyl (C=O) groups is 2. The Morgan fingerprint density at radius 2 is 2.03 bits per heavy atom. The van der Waals surface area contributed by atoms with Crippen molar-refractivity contribution in [2.45, 2.75) is 57.7 Å². The summed E-state index contributed by atoms with van der Waals surface area (Å²) in [5.41, 5.74) is 0.595. The molecule has 3 heterocycles. The summed E-state index contributed by atoms with van der Waals surface area (Å²) in [5.74, 6) is 0. The second-order valence-electron chi connectivity index (χ2n) is 8.69. The van der Waals surface area contributed by atoms with E-state index >= 15 is 0 Å². The number of amides is 3. The second kappa shape index (κ2) is 9.63. The average Bonchev–Trinajstić information content (AvgIpc) is 2.89.